The quantitative estimate of drug-likeness (QED) is 0.566. The summed E-state index contributed by atoms with van der Waals surface area (Å²) in [7, 11) is -3.55. The monoisotopic (exact) mass is 469 g/mol. The van der Waals surface area contributed by atoms with Gasteiger partial charge in [-0.25, -0.2) is 8.42 Å². The zero-order chi connectivity index (χ0) is 21.1. The summed E-state index contributed by atoms with van der Waals surface area (Å²) < 4.78 is 32.7. The fraction of sp³-hybridized carbons (Fsp3) is 0.500. The van der Waals surface area contributed by atoms with Crippen molar-refractivity contribution in [3.8, 4) is 0 Å². The van der Waals surface area contributed by atoms with E-state index < -0.39 is 10.0 Å². The van der Waals surface area contributed by atoms with Gasteiger partial charge >= 0.3 is 0 Å². The van der Waals surface area contributed by atoms with Crippen LogP contribution in [0, 0.1) is 0 Å². The van der Waals surface area contributed by atoms with E-state index >= 15 is 0 Å². The molecule has 0 spiro atoms. The van der Waals surface area contributed by atoms with E-state index in [0.29, 0.717) is 38.0 Å². The molecule has 0 bridgehead atoms. The van der Waals surface area contributed by atoms with Crippen molar-refractivity contribution in [2.45, 2.75) is 40.3 Å². The number of benzene rings is 1. The minimum absolute atomic E-state index is 0.185. The van der Waals surface area contributed by atoms with Crippen LogP contribution in [0.3, 0.4) is 0 Å². The van der Waals surface area contributed by atoms with Gasteiger partial charge in [0.15, 0.2) is 4.34 Å². The van der Waals surface area contributed by atoms with Crippen molar-refractivity contribution in [2.24, 2.45) is 0 Å². The Labute approximate surface area is 183 Å². The molecule has 2 fully saturated rings. The molecule has 1 aromatic heterocycles. The smallest absolute Gasteiger partial charge is 0.243 e. The number of hydrogen-bond donors (Lipinski definition) is 2. The number of nitrogens with zero attached hydrogens (tertiary/aromatic N) is 3. The van der Waals surface area contributed by atoms with Crippen molar-refractivity contribution in [3.63, 3.8) is 0 Å². The Kier molecular flexibility index (Phi) is 6.58. The average molecular weight is 470 g/mol. The molecule has 1 aliphatic carbocycles. The van der Waals surface area contributed by atoms with Crippen molar-refractivity contribution >= 4 is 49.8 Å². The molecular weight excluding hydrogens is 446 g/mol. The van der Waals surface area contributed by atoms with Gasteiger partial charge in [-0.15, -0.1) is 10.2 Å². The lowest BCUT2D eigenvalue weighted by molar-refractivity contribution is -0.115. The van der Waals surface area contributed by atoms with E-state index in [0.717, 1.165) is 22.3 Å². The van der Waals surface area contributed by atoms with E-state index in [1.807, 2.05) is 0 Å². The lowest BCUT2D eigenvalue weighted by Crippen LogP contribution is -2.40. The highest BCUT2D eigenvalue weighted by Crippen LogP contribution is 2.32. The van der Waals surface area contributed by atoms with E-state index in [4.69, 9.17) is 4.74 Å². The summed E-state index contributed by atoms with van der Waals surface area (Å²) in [5.41, 5.74) is 0.543. The predicted octanol–water partition coefficient (Wildman–Crippen LogP) is 2.25. The van der Waals surface area contributed by atoms with Crippen LogP contribution in [-0.4, -0.2) is 66.4 Å². The minimum atomic E-state index is -3.55. The van der Waals surface area contributed by atoms with E-state index in [9.17, 15) is 13.2 Å². The number of carbonyl (C=O) groups excluding carboxylic acids is 1. The maximum atomic E-state index is 12.7. The van der Waals surface area contributed by atoms with Gasteiger partial charge in [0, 0.05) is 24.8 Å². The summed E-state index contributed by atoms with van der Waals surface area (Å²) in [5, 5.41) is 14.7. The molecule has 30 heavy (non-hydrogen) atoms. The largest absolute Gasteiger partial charge is 0.379 e. The number of thioether (sulfide) groups is 1. The second kappa shape index (κ2) is 9.18. The standard InChI is InChI=1S/C18H23N5O4S3/c1-12(28-18-22-21-17(29-18)20-14-2-3-14)16(24)19-13-4-6-15(7-5-13)30(25,26)23-8-10-27-11-9-23/h4-7,12,14H,2-3,8-11H2,1H3,(H,19,24)(H,20,21). The zero-order valence-corrected chi connectivity index (χ0v) is 18.9. The third-order valence-electron chi connectivity index (χ3n) is 4.69. The zero-order valence-electron chi connectivity index (χ0n) is 16.4. The summed E-state index contributed by atoms with van der Waals surface area (Å²) >= 11 is 2.78. The maximum absolute atomic E-state index is 12.7. The number of anilines is 2. The van der Waals surface area contributed by atoms with Crippen LogP contribution in [0.25, 0.3) is 0 Å². The summed E-state index contributed by atoms with van der Waals surface area (Å²) in [6, 6.07) is 6.74. The number of aromatic nitrogens is 2. The third kappa shape index (κ3) is 5.30. The Morgan fingerprint density at radius 1 is 1.23 bits per heavy atom. The van der Waals surface area contributed by atoms with E-state index in [2.05, 4.69) is 20.8 Å². The SMILES string of the molecule is CC(Sc1nnc(NC2CC2)s1)C(=O)Nc1ccc(S(=O)(=O)N2CCOCC2)cc1. The lowest BCUT2D eigenvalue weighted by atomic mass is 10.3. The molecule has 1 amide bonds. The molecule has 9 nitrogen and oxygen atoms in total. The first-order chi connectivity index (χ1) is 14.4. The highest BCUT2D eigenvalue weighted by atomic mass is 32.2. The molecule has 2 aromatic rings. The molecule has 1 unspecified atom stereocenters. The van der Waals surface area contributed by atoms with Gasteiger partial charge in [-0.05, 0) is 44.0 Å². The van der Waals surface area contributed by atoms with Crippen molar-refractivity contribution in [2.75, 3.05) is 36.9 Å². The molecule has 1 saturated heterocycles. The summed E-state index contributed by atoms with van der Waals surface area (Å²) in [6.45, 7) is 3.29. The topological polar surface area (TPSA) is 114 Å². The number of nitrogens with one attached hydrogen (secondary N) is 2. The van der Waals surface area contributed by atoms with Gasteiger partial charge in [0.2, 0.25) is 21.1 Å². The summed E-state index contributed by atoms with van der Waals surface area (Å²) in [6.07, 6.45) is 2.32. The number of hydrogen-bond acceptors (Lipinski definition) is 9. The van der Waals surface area contributed by atoms with Crippen LogP contribution in [-0.2, 0) is 19.6 Å². The average Bonchev–Trinajstić information content (AvgIpc) is 3.46. The van der Waals surface area contributed by atoms with E-state index in [1.165, 1.54) is 39.5 Å². The number of ether oxygens (including phenoxy) is 1. The fourth-order valence-electron chi connectivity index (χ4n) is 2.81. The van der Waals surface area contributed by atoms with Crippen LogP contribution in [0.4, 0.5) is 10.8 Å². The van der Waals surface area contributed by atoms with Gasteiger partial charge in [-0.3, -0.25) is 4.79 Å². The Bertz CT molecular complexity index is 986. The van der Waals surface area contributed by atoms with Gasteiger partial charge < -0.3 is 15.4 Å². The molecule has 1 atom stereocenters. The maximum Gasteiger partial charge on any atom is 0.243 e. The fourth-order valence-corrected chi connectivity index (χ4v) is 6.19. The highest BCUT2D eigenvalue weighted by Gasteiger charge is 2.26. The van der Waals surface area contributed by atoms with Crippen LogP contribution in [0.15, 0.2) is 33.5 Å². The van der Waals surface area contributed by atoms with Crippen LogP contribution < -0.4 is 10.6 Å². The molecule has 2 heterocycles. The molecule has 1 aromatic carbocycles. The number of sulfonamides is 1. The van der Waals surface area contributed by atoms with Crippen molar-refractivity contribution in [1.82, 2.24) is 14.5 Å². The molecule has 2 aliphatic rings. The molecule has 1 saturated carbocycles. The second-order valence-corrected chi connectivity index (χ2v) is 11.6. The number of carbonyl (C=O) groups is 1. The first-order valence-electron chi connectivity index (χ1n) is 9.67. The van der Waals surface area contributed by atoms with Crippen LogP contribution >= 0.6 is 23.1 Å². The molecule has 2 N–H and O–H groups in total. The van der Waals surface area contributed by atoms with E-state index in [-0.39, 0.29) is 16.1 Å². The van der Waals surface area contributed by atoms with E-state index in [1.54, 1.807) is 19.1 Å². The molecule has 4 rings (SSSR count). The first-order valence-corrected chi connectivity index (χ1v) is 12.8. The predicted molar refractivity (Wildman–Crippen MR) is 117 cm³/mol. The Morgan fingerprint density at radius 3 is 2.60 bits per heavy atom. The Balaban J connectivity index is 1.33. The molecule has 12 heteroatoms. The Hall–Kier alpha value is -1.73. The number of rotatable bonds is 8. The molecular formula is C18H23N5O4S3. The molecule has 0 radical (unpaired) electrons. The summed E-state index contributed by atoms with van der Waals surface area (Å²) in [5.74, 6) is -0.185. The van der Waals surface area contributed by atoms with Gasteiger partial charge in [0.05, 0.1) is 23.4 Å². The third-order valence-corrected chi connectivity index (χ3v) is 8.64. The minimum Gasteiger partial charge on any atom is -0.379 e. The molecule has 1 aliphatic heterocycles. The van der Waals surface area contributed by atoms with Gasteiger partial charge in [0.25, 0.3) is 0 Å². The lowest BCUT2D eigenvalue weighted by Gasteiger charge is -2.26. The highest BCUT2D eigenvalue weighted by molar-refractivity contribution is 8.02. The number of morpholine rings is 1. The normalized spacial score (nSPS) is 18.7. The first kappa shape index (κ1) is 21.5. The van der Waals surface area contributed by atoms with Crippen LogP contribution in [0.1, 0.15) is 19.8 Å². The van der Waals surface area contributed by atoms with Crippen molar-refractivity contribution in [3.05, 3.63) is 24.3 Å². The number of amides is 1. The van der Waals surface area contributed by atoms with Gasteiger partial charge in [0.1, 0.15) is 0 Å². The van der Waals surface area contributed by atoms with Gasteiger partial charge in [-0.2, -0.15) is 4.31 Å². The van der Waals surface area contributed by atoms with Gasteiger partial charge in [-0.1, -0.05) is 23.1 Å². The van der Waals surface area contributed by atoms with Crippen LogP contribution in [0.5, 0.6) is 0 Å². The van der Waals surface area contributed by atoms with Crippen molar-refractivity contribution in [1.29, 1.82) is 0 Å². The van der Waals surface area contributed by atoms with Crippen LogP contribution in [0.2, 0.25) is 0 Å². The second-order valence-electron chi connectivity index (χ2n) is 7.08. The summed E-state index contributed by atoms with van der Waals surface area (Å²) in [4.78, 5) is 12.7. The van der Waals surface area contributed by atoms with Crippen molar-refractivity contribution < 1.29 is 17.9 Å². The Morgan fingerprint density at radius 2 is 1.93 bits per heavy atom. The molecule has 162 valence electrons.